The minimum absolute atomic E-state index is 0.0757. The van der Waals surface area contributed by atoms with E-state index in [1.165, 1.54) is 24.3 Å². The molecule has 1 aliphatic heterocycles. The quantitative estimate of drug-likeness (QED) is 0.772. The number of thioether (sulfide) groups is 1. The standard InChI is InChI=1S/C14H16F3NO2S/c15-14(16,17)21-12-6-4-11(5-7-12)10-20-13(19)18-8-2-1-3-9-18/h4-7H,1-3,8-10H2. The van der Waals surface area contributed by atoms with Gasteiger partial charge >= 0.3 is 11.6 Å². The van der Waals surface area contributed by atoms with Crippen LogP contribution >= 0.6 is 11.8 Å². The van der Waals surface area contributed by atoms with Crippen LogP contribution < -0.4 is 0 Å². The minimum atomic E-state index is -4.29. The number of hydrogen-bond donors (Lipinski definition) is 0. The highest BCUT2D eigenvalue weighted by Gasteiger charge is 2.29. The zero-order chi connectivity index (χ0) is 15.3. The third kappa shape index (κ3) is 5.49. The van der Waals surface area contributed by atoms with Crippen molar-refractivity contribution in [2.45, 2.75) is 36.3 Å². The highest BCUT2D eigenvalue weighted by molar-refractivity contribution is 8.00. The Kier molecular flexibility index (Phi) is 5.39. The van der Waals surface area contributed by atoms with Gasteiger partial charge in [0, 0.05) is 18.0 Å². The van der Waals surface area contributed by atoms with Crippen LogP contribution in [0.15, 0.2) is 29.2 Å². The van der Waals surface area contributed by atoms with Crippen LogP contribution in [0, 0.1) is 0 Å². The molecule has 1 aromatic carbocycles. The SMILES string of the molecule is O=C(OCc1ccc(SC(F)(F)F)cc1)N1CCCCC1. The molecule has 0 saturated carbocycles. The first-order chi connectivity index (χ1) is 9.94. The third-order valence-corrected chi connectivity index (χ3v) is 3.87. The number of rotatable bonds is 3. The summed E-state index contributed by atoms with van der Waals surface area (Å²) in [5, 5.41) is 0. The molecule has 0 bridgehead atoms. The average Bonchev–Trinajstić information content (AvgIpc) is 2.45. The van der Waals surface area contributed by atoms with Gasteiger partial charge in [0.2, 0.25) is 0 Å². The van der Waals surface area contributed by atoms with E-state index in [9.17, 15) is 18.0 Å². The fourth-order valence-corrected chi connectivity index (χ4v) is 2.64. The molecule has 1 saturated heterocycles. The first-order valence-electron chi connectivity index (χ1n) is 6.70. The number of ether oxygens (including phenoxy) is 1. The van der Waals surface area contributed by atoms with Crippen molar-refractivity contribution >= 4 is 17.9 Å². The minimum Gasteiger partial charge on any atom is -0.445 e. The van der Waals surface area contributed by atoms with E-state index in [1.54, 1.807) is 4.90 Å². The fourth-order valence-electron chi connectivity index (χ4n) is 2.10. The molecular formula is C14H16F3NO2S. The van der Waals surface area contributed by atoms with Crippen molar-refractivity contribution in [3.63, 3.8) is 0 Å². The summed E-state index contributed by atoms with van der Waals surface area (Å²) in [5.74, 6) is 0. The zero-order valence-electron chi connectivity index (χ0n) is 11.4. The molecule has 0 spiro atoms. The molecule has 0 aromatic heterocycles. The lowest BCUT2D eigenvalue weighted by atomic mass is 10.1. The summed E-state index contributed by atoms with van der Waals surface area (Å²) in [4.78, 5) is 13.6. The van der Waals surface area contributed by atoms with Gasteiger partial charge < -0.3 is 9.64 Å². The van der Waals surface area contributed by atoms with Crippen molar-refractivity contribution in [3.8, 4) is 0 Å². The first-order valence-corrected chi connectivity index (χ1v) is 7.52. The van der Waals surface area contributed by atoms with Crippen LogP contribution in [-0.2, 0) is 11.3 Å². The third-order valence-electron chi connectivity index (χ3n) is 3.13. The number of hydrogen-bond acceptors (Lipinski definition) is 3. The Balaban J connectivity index is 1.81. The number of nitrogens with zero attached hydrogens (tertiary/aromatic N) is 1. The maximum absolute atomic E-state index is 12.2. The van der Waals surface area contributed by atoms with E-state index in [0.717, 1.165) is 19.3 Å². The second-order valence-corrected chi connectivity index (χ2v) is 5.93. The highest BCUT2D eigenvalue weighted by atomic mass is 32.2. The molecule has 21 heavy (non-hydrogen) atoms. The van der Waals surface area contributed by atoms with Gasteiger partial charge in [0.15, 0.2) is 0 Å². The number of amides is 1. The molecule has 0 atom stereocenters. The summed E-state index contributed by atoms with van der Waals surface area (Å²) in [6.07, 6.45) is 2.74. The monoisotopic (exact) mass is 319 g/mol. The van der Waals surface area contributed by atoms with E-state index in [-0.39, 0.29) is 29.4 Å². The maximum atomic E-state index is 12.2. The van der Waals surface area contributed by atoms with Crippen LogP contribution in [0.4, 0.5) is 18.0 Å². The number of likely N-dealkylation sites (tertiary alicyclic amines) is 1. The summed E-state index contributed by atoms with van der Waals surface area (Å²) in [6, 6.07) is 5.83. The molecule has 7 heteroatoms. The van der Waals surface area contributed by atoms with E-state index < -0.39 is 5.51 Å². The van der Waals surface area contributed by atoms with Gasteiger partial charge in [-0.2, -0.15) is 13.2 Å². The zero-order valence-corrected chi connectivity index (χ0v) is 12.2. The Morgan fingerprint density at radius 3 is 2.33 bits per heavy atom. The summed E-state index contributed by atoms with van der Waals surface area (Å²) < 4.78 is 41.7. The van der Waals surface area contributed by atoms with Crippen LogP contribution in [0.5, 0.6) is 0 Å². The molecule has 0 N–H and O–H groups in total. The van der Waals surface area contributed by atoms with Crippen LogP contribution in [0.1, 0.15) is 24.8 Å². The Bertz CT molecular complexity index is 470. The molecule has 116 valence electrons. The van der Waals surface area contributed by atoms with Gasteiger partial charge in [0.1, 0.15) is 6.61 Å². The first kappa shape index (κ1) is 16.0. The Labute approximate surface area is 125 Å². The molecule has 0 aliphatic carbocycles. The lowest BCUT2D eigenvalue weighted by molar-refractivity contribution is -0.0328. The molecule has 1 amide bonds. The topological polar surface area (TPSA) is 29.5 Å². The molecule has 0 radical (unpaired) electrons. The number of halogens is 3. The summed E-state index contributed by atoms with van der Waals surface area (Å²) in [6.45, 7) is 1.49. The number of benzene rings is 1. The molecule has 2 rings (SSSR count). The normalized spacial score (nSPS) is 15.9. The van der Waals surface area contributed by atoms with Crippen molar-refractivity contribution in [1.29, 1.82) is 0 Å². The molecule has 1 aliphatic rings. The molecular weight excluding hydrogens is 303 g/mol. The smallest absolute Gasteiger partial charge is 0.445 e. The lowest BCUT2D eigenvalue weighted by Crippen LogP contribution is -2.35. The fraction of sp³-hybridized carbons (Fsp3) is 0.500. The summed E-state index contributed by atoms with van der Waals surface area (Å²) >= 11 is -0.159. The van der Waals surface area contributed by atoms with E-state index in [0.29, 0.717) is 18.7 Å². The predicted molar refractivity (Wildman–Crippen MR) is 74.0 cm³/mol. The molecule has 0 unspecified atom stereocenters. The molecule has 1 heterocycles. The second kappa shape index (κ2) is 7.06. The van der Waals surface area contributed by atoms with E-state index >= 15 is 0 Å². The summed E-state index contributed by atoms with van der Waals surface area (Å²) in [5.41, 5.74) is -3.62. The highest BCUT2D eigenvalue weighted by Crippen LogP contribution is 2.36. The van der Waals surface area contributed by atoms with Gasteiger partial charge in [-0.25, -0.2) is 4.79 Å². The van der Waals surface area contributed by atoms with Gasteiger partial charge in [-0.3, -0.25) is 0 Å². The van der Waals surface area contributed by atoms with Crippen LogP contribution in [0.3, 0.4) is 0 Å². The van der Waals surface area contributed by atoms with Crippen LogP contribution in [0.25, 0.3) is 0 Å². The molecule has 1 fully saturated rings. The van der Waals surface area contributed by atoms with Crippen molar-refractivity contribution in [2.24, 2.45) is 0 Å². The summed E-state index contributed by atoms with van der Waals surface area (Å²) in [7, 11) is 0. The van der Waals surface area contributed by atoms with Crippen molar-refractivity contribution < 1.29 is 22.7 Å². The Morgan fingerprint density at radius 2 is 1.76 bits per heavy atom. The lowest BCUT2D eigenvalue weighted by Gasteiger charge is -2.25. The van der Waals surface area contributed by atoms with Crippen molar-refractivity contribution in [2.75, 3.05) is 13.1 Å². The van der Waals surface area contributed by atoms with Crippen molar-refractivity contribution in [1.82, 2.24) is 4.90 Å². The predicted octanol–water partition coefficient (Wildman–Crippen LogP) is 4.42. The van der Waals surface area contributed by atoms with Gasteiger partial charge in [0.25, 0.3) is 0 Å². The van der Waals surface area contributed by atoms with Gasteiger partial charge in [-0.05, 0) is 48.7 Å². The Hall–Kier alpha value is -1.37. The van der Waals surface area contributed by atoms with Crippen LogP contribution in [0.2, 0.25) is 0 Å². The van der Waals surface area contributed by atoms with Gasteiger partial charge in [-0.15, -0.1) is 0 Å². The number of carbonyl (C=O) groups excluding carboxylic acids is 1. The second-order valence-electron chi connectivity index (χ2n) is 4.79. The maximum Gasteiger partial charge on any atom is 0.446 e. The largest absolute Gasteiger partial charge is 0.446 e. The number of piperidine rings is 1. The Morgan fingerprint density at radius 1 is 1.14 bits per heavy atom. The number of carbonyl (C=O) groups is 1. The average molecular weight is 319 g/mol. The van der Waals surface area contributed by atoms with Gasteiger partial charge in [-0.1, -0.05) is 12.1 Å². The van der Waals surface area contributed by atoms with Crippen molar-refractivity contribution in [3.05, 3.63) is 29.8 Å². The van der Waals surface area contributed by atoms with E-state index in [1.807, 2.05) is 0 Å². The van der Waals surface area contributed by atoms with Gasteiger partial charge in [0.05, 0.1) is 0 Å². The molecule has 3 nitrogen and oxygen atoms in total. The van der Waals surface area contributed by atoms with E-state index in [4.69, 9.17) is 4.74 Å². The number of alkyl halides is 3. The molecule has 1 aromatic rings. The van der Waals surface area contributed by atoms with E-state index in [2.05, 4.69) is 0 Å². The van der Waals surface area contributed by atoms with Crippen LogP contribution in [-0.4, -0.2) is 29.6 Å².